The van der Waals surface area contributed by atoms with E-state index in [2.05, 4.69) is 10.5 Å². The predicted octanol–water partition coefficient (Wildman–Crippen LogP) is 4.77. The summed E-state index contributed by atoms with van der Waals surface area (Å²) in [6.45, 7) is 2.83. The second-order valence-electron chi connectivity index (χ2n) is 7.33. The average Bonchev–Trinajstić information content (AvgIpc) is 2.84. The number of amides is 1. The summed E-state index contributed by atoms with van der Waals surface area (Å²) in [5.74, 6) is 0.852. The van der Waals surface area contributed by atoms with Crippen LogP contribution < -0.4 is 14.9 Å². The molecule has 172 valence electrons. The third-order valence-electron chi connectivity index (χ3n) is 4.82. The van der Waals surface area contributed by atoms with E-state index in [-0.39, 0.29) is 24.6 Å². The van der Waals surface area contributed by atoms with Gasteiger partial charge in [-0.25, -0.2) is 9.82 Å². The molecule has 0 fully saturated rings. The minimum atomic E-state index is -0.738. The Morgan fingerprint density at radius 1 is 1.00 bits per heavy atom. The highest BCUT2D eigenvalue weighted by atomic mass is 19.1. The van der Waals surface area contributed by atoms with Crippen molar-refractivity contribution in [2.75, 3.05) is 6.61 Å². The molecule has 0 heterocycles. The zero-order valence-corrected chi connectivity index (χ0v) is 18.4. The Kier molecular flexibility index (Phi) is 8.97. The van der Waals surface area contributed by atoms with Gasteiger partial charge in [-0.3, -0.25) is 4.79 Å². The van der Waals surface area contributed by atoms with Crippen LogP contribution in [0.3, 0.4) is 0 Å². The molecule has 0 aliphatic rings. The first kappa shape index (κ1) is 23.9. The molecule has 0 radical (unpaired) electrons. The summed E-state index contributed by atoms with van der Waals surface area (Å²) in [6.07, 6.45) is 1.22. The van der Waals surface area contributed by atoms with Crippen molar-refractivity contribution in [3.8, 4) is 11.5 Å². The van der Waals surface area contributed by atoms with Gasteiger partial charge in [-0.15, -0.1) is 0 Å². The summed E-state index contributed by atoms with van der Waals surface area (Å²) in [6, 6.07) is 20.5. The van der Waals surface area contributed by atoms with Crippen molar-refractivity contribution in [3.05, 3.63) is 95.3 Å². The number of carbonyl (C=O) groups is 1. The Morgan fingerprint density at radius 3 is 2.30 bits per heavy atom. The molecule has 3 rings (SSSR count). The number of halogens is 1. The average molecular weight is 451 g/mol. The van der Waals surface area contributed by atoms with E-state index in [4.69, 9.17) is 9.47 Å². The number of nitrogens with zero attached hydrogens (tertiary/aromatic N) is 1. The molecule has 3 aromatic rings. The van der Waals surface area contributed by atoms with Crippen LogP contribution in [-0.4, -0.2) is 23.8 Å². The van der Waals surface area contributed by atoms with E-state index < -0.39 is 6.10 Å². The molecule has 0 unspecified atom stereocenters. The van der Waals surface area contributed by atoms with Crippen molar-refractivity contribution in [1.82, 2.24) is 5.43 Å². The highest BCUT2D eigenvalue weighted by molar-refractivity contribution is 5.82. The number of hydrogen-bond acceptors (Lipinski definition) is 5. The number of rotatable bonds is 11. The van der Waals surface area contributed by atoms with E-state index in [1.165, 1.54) is 18.3 Å². The molecule has 3 aromatic carbocycles. The molecule has 0 saturated heterocycles. The zero-order valence-electron chi connectivity index (χ0n) is 18.4. The van der Waals surface area contributed by atoms with E-state index in [0.29, 0.717) is 19.0 Å². The van der Waals surface area contributed by atoms with Gasteiger partial charge in [0, 0.05) is 6.42 Å². The first-order valence-corrected chi connectivity index (χ1v) is 10.7. The summed E-state index contributed by atoms with van der Waals surface area (Å²) in [5.41, 5.74) is 4.86. The van der Waals surface area contributed by atoms with Gasteiger partial charge in [0.2, 0.25) is 5.91 Å². The highest BCUT2D eigenvalue weighted by Crippen LogP contribution is 2.21. The maximum absolute atomic E-state index is 12.9. The van der Waals surface area contributed by atoms with Crippen molar-refractivity contribution in [3.63, 3.8) is 0 Å². The first-order valence-electron chi connectivity index (χ1n) is 10.7. The van der Waals surface area contributed by atoms with Crippen LogP contribution in [0.1, 0.15) is 42.6 Å². The number of ether oxygens (including phenoxy) is 2. The second kappa shape index (κ2) is 12.4. The van der Waals surface area contributed by atoms with Gasteiger partial charge >= 0.3 is 0 Å². The van der Waals surface area contributed by atoms with Crippen molar-refractivity contribution in [2.24, 2.45) is 5.10 Å². The molecular weight excluding hydrogens is 423 g/mol. The number of nitrogens with one attached hydrogen (secondary N) is 1. The van der Waals surface area contributed by atoms with Gasteiger partial charge in [-0.1, -0.05) is 24.3 Å². The van der Waals surface area contributed by atoms with Crippen LogP contribution in [0, 0.1) is 5.82 Å². The Bertz CT molecular complexity index is 1040. The van der Waals surface area contributed by atoms with Crippen molar-refractivity contribution < 1.29 is 23.8 Å². The third-order valence-corrected chi connectivity index (χ3v) is 4.82. The lowest BCUT2D eigenvalue weighted by atomic mass is 10.0. The van der Waals surface area contributed by atoms with Crippen LogP contribution in [0.25, 0.3) is 0 Å². The molecule has 2 N–H and O–H groups in total. The number of carbonyl (C=O) groups excluding carboxylic acids is 1. The van der Waals surface area contributed by atoms with Gasteiger partial charge in [0.1, 0.15) is 23.9 Å². The van der Waals surface area contributed by atoms with E-state index >= 15 is 0 Å². The van der Waals surface area contributed by atoms with Crippen molar-refractivity contribution in [2.45, 2.75) is 32.5 Å². The van der Waals surface area contributed by atoms with Gasteiger partial charge in [-0.2, -0.15) is 5.10 Å². The Morgan fingerprint density at radius 2 is 1.64 bits per heavy atom. The van der Waals surface area contributed by atoms with Crippen LogP contribution in [0.2, 0.25) is 0 Å². The number of hydrogen-bond donors (Lipinski definition) is 2. The fraction of sp³-hybridized carbons (Fsp3) is 0.231. The summed E-state index contributed by atoms with van der Waals surface area (Å²) < 4.78 is 24.0. The molecule has 0 aliphatic heterocycles. The lowest BCUT2D eigenvalue weighted by molar-refractivity contribution is -0.121. The van der Waals surface area contributed by atoms with E-state index in [1.54, 1.807) is 48.5 Å². The van der Waals surface area contributed by atoms with Crippen LogP contribution in [-0.2, 0) is 11.4 Å². The van der Waals surface area contributed by atoms with Gasteiger partial charge in [0.25, 0.3) is 0 Å². The first-order chi connectivity index (χ1) is 16.0. The minimum Gasteiger partial charge on any atom is -0.494 e. The molecular formula is C26H27FN2O4. The summed E-state index contributed by atoms with van der Waals surface area (Å²) in [7, 11) is 0. The molecule has 6 nitrogen and oxygen atoms in total. The molecule has 33 heavy (non-hydrogen) atoms. The Labute approximate surface area is 192 Å². The molecule has 1 amide bonds. The molecule has 1 atom stereocenters. The highest BCUT2D eigenvalue weighted by Gasteiger charge is 2.10. The fourth-order valence-corrected chi connectivity index (χ4v) is 3.02. The van der Waals surface area contributed by atoms with Gasteiger partial charge < -0.3 is 14.6 Å². The maximum Gasteiger partial charge on any atom is 0.240 e. The fourth-order valence-electron chi connectivity index (χ4n) is 3.02. The topological polar surface area (TPSA) is 80.2 Å². The molecule has 0 aromatic heterocycles. The number of aliphatic hydroxyl groups excluding tert-OH is 1. The Hall–Kier alpha value is -3.71. The summed E-state index contributed by atoms with van der Waals surface area (Å²) in [5, 5.41) is 14.2. The van der Waals surface area contributed by atoms with E-state index in [9.17, 15) is 14.3 Å². The van der Waals surface area contributed by atoms with Crippen LogP contribution >= 0.6 is 0 Å². The summed E-state index contributed by atoms with van der Waals surface area (Å²) in [4.78, 5) is 12.0. The molecule has 0 aliphatic carbocycles. The number of hydrazone groups is 1. The standard InChI is InChI=1S/C26H27FN2O4/c1-2-32-23-13-7-21(8-14-23)25(30)15-16-26(31)29-28-17-19-5-11-24(12-6-19)33-18-20-3-9-22(27)10-4-20/h3-14,17,25,30H,2,15-16,18H2,1H3,(H,29,31)/b28-17-/t25-/m0/s1. The van der Waals surface area contributed by atoms with Crippen molar-refractivity contribution >= 4 is 12.1 Å². The van der Waals surface area contributed by atoms with E-state index in [1.807, 2.05) is 19.1 Å². The third kappa shape index (κ3) is 8.05. The van der Waals surface area contributed by atoms with Gasteiger partial charge in [0.15, 0.2) is 0 Å². The van der Waals surface area contributed by atoms with Gasteiger partial charge in [-0.05, 0) is 78.6 Å². The smallest absolute Gasteiger partial charge is 0.240 e. The largest absolute Gasteiger partial charge is 0.494 e. The predicted molar refractivity (Wildman–Crippen MR) is 125 cm³/mol. The van der Waals surface area contributed by atoms with Gasteiger partial charge in [0.05, 0.1) is 18.9 Å². The number of aliphatic hydroxyl groups is 1. The van der Waals surface area contributed by atoms with E-state index in [0.717, 1.165) is 22.4 Å². The molecule has 7 heteroatoms. The maximum atomic E-state index is 12.9. The lowest BCUT2D eigenvalue weighted by Crippen LogP contribution is -2.18. The van der Waals surface area contributed by atoms with Crippen LogP contribution in [0.4, 0.5) is 4.39 Å². The quantitative estimate of drug-likeness (QED) is 0.326. The minimum absolute atomic E-state index is 0.141. The summed E-state index contributed by atoms with van der Waals surface area (Å²) >= 11 is 0. The monoisotopic (exact) mass is 450 g/mol. The SMILES string of the molecule is CCOc1ccc([C@@H](O)CCC(=O)N/N=C\c2ccc(OCc3ccc(F)cc3)cc2)cc1. The molecule has 0 spiro atoms. The Balaban J connectivity index is 1.39. The zero-order chi connectivity index (χ0) is 23.5. The van der Waals surface area contributed by atoms with Crippen molar-refractivity contribution in [1.29, 1.82) is 0 Å². The number of benzene rings is 3. The van der Waals surface area contributed by atoms with Crippen LogP contribution in [0.15, 0.2) is 77.9 Å². The normalized spacial score (nSPS) is 11.8. The molecule has 0 bridgehead atoms. The second-order valence-corrected chi connectivity index (χ2v) is 7.33. The lowest BCUT2D eigenvalue weighted by Gasteiger charge is -2.11. The molecule has 0 saturated carbocycles. The van der Waals surface area contributed by atoms with Crippen LogP contribution in [0.5, 0.6) is 11.5 Å².